The fourth-order valence-corrected chi connectivity index (χ4v) is 2.89. The SMILES string of the molecule is CCC(CC)(CN)C(=O)Nc1cccc(N2CCCC2=O)c1.Cl. The minimum absolute atomic E-state index is 0. The summed E-state index contributed by atoms with van der Waals surface area (Å²) in [6.45, 7) is 5.04. The van der Waals surface area contributed by atoms with Gasteiger partial charge >= 0.3 is 0 Å². The maximum absolute atomic E-state index is 12.6. The summed E-state index contributed by atoms with van der Waals surface area (Å²) in [6.07, 6.45) is 2.89. The predicted octanol–water partition coefficient (Wildman–Crippen LogP) is 2.94. The third-order valence-corrected chi connectivity index (χ3v) is 4.72. The fraction of sp³-hybridized carbons (Fsp3) is 0.529. The Bertz CT molecular complexity index is 550. The van der Waals surface area contributed by atoms with E-state index in [1.807, 2.05) is 38.1 Å². The highest BCUT2D eigenvalue weighted by Gasteiger charge is 2.33. The number of nitrogens with zero attached hydrogens (tertiary/aromatic N) is 1. The van der Waals surface area contributed by atoms with Crippen LogP contribution in [0.15, 0.2) is 24.3 Å². The minimum Gasteiger partial charge on any atom is -0.329 e. The Hall–Kier alpha value is -1.59. The number of halogens is 1. The van der Waals surface area contributed by atoms with Gasteiger partial charge in [0.25, 0.3) is 0 Å². The zero-order valence-electron chi connectivity index (χ0n) is 13.8. The number of carbonyl (C=O) groups excluding carboxylic acids is 2. The van der Waals surface area contributed by atoms with E-state index in [1.54, 1.807) is 4.90 Å². The summed E-state index contributed by atoms with van der Waals surface area (Å²) < 4.78 is 0. The summed E-state index contributed by atoms with van der Waals surface area (Å²) in [6, 6.07) is 7.45. The summed E-state index contributed by atoms with van der Waals surface area (Å²) >= 11 is 0. The summed E-state index contributed by atoms with van der Waals surface area (Å²) in [5, 5.41) is 2.96. The molecule has 128 valence electrons. The molecule has 1 heterocycles. The van der Waals surface area contributed by atoms with Crippen molar-refractivity contribution < 1.29 is 9.59 Å². The molecule has 0 saturated carbocycles. The minimum atomic E-state index is -0.528. The molecular formula is C17H26ClN3O2. The van der Waals surface area contributed by atoms with Gasteiger partial charge in [0, 0.05) is 30.9 Å². The first-order chi connectivity index (χ1) is 10.6. The molecule has 0 spiro atoms. The van der Waals surface area contributed by atoms with E-state index >= 15 is 0 Å². The van der Waals surface area contributed by atoms with Gasteiger partial charge in [0.1, 0.15) is 0 Å². The van der Waals surface area contributed by atoms with E-state index in [2.05, 4.69) is 5.32 Å². The lowest BCUT2D eigenvalue weighted by molar-refractivity contribution is -0.125. The van der Waals surface area contributed by atoms with Crippen LogP contribution in [0.2, 0.25) is 0 Å². The maximum atomic E-state index is 12.6. The van der Waals surface area contributed by atoms with Crippen LogP contribution in [-0.4, -0.2) is 24.9 Å². The molecule has 1 aromatic carbocycles. The van der Waals surface area contributed by atoms with Crippen LogP contribution >= 0.6 is 12.4 Å². The van der Waals surface area contributed by atoms with Crippen molar-refractivity contribution in [1.82, 2.24) is 0 Å². The average Bonchev–Trinajstić information content (AvgIpc) is 2.96. The van der Waals surface area contributed by atoms with Crippen LogP contribution in [0, 0.1) is 5.41 Å². The van der Waals surface area contributed by atoms with E-state index in [0.29, 0.717) is 31.5 Å². The number of nitrogens with one attached hydrogen (secondary N) is 1. The van der Waals surface area contributed by atoms with Gasteiger partial charge in [-0.3, -0.25) is 9.59 Å². The second kappa shape index (κ2) is 8.31. The smallest absolute Gasteiger partial charge is 0.231 e. The number of benzene rings is 1. The average molecular weight is 340 g/mol. The Morgan fingerprint density at radius 3 is 2.57 bits per heavy atom. The topological polar surface area (TPSA) is 75.4 Å². The first-order valence-corrected chi connectivity index (χ1v) is 7.98. The van der Waals surface area contributed by atoms with Crippen LogP contribution in [0.1, 0.15) is 39.5 Å². The third kappa shape index (κ3) is 4.03. The van der Waals surface area contributed by atoms with Gasteiger partial charge in [0.15, 0.2) is 0 Å². The lowest BCUT2D eigenvalue weighted by Crippen LogP contribution is -2.41. The monoisotopic (exact) mass is 339 g/mol. The number of anilines is 2. The van der Waals surface area contributed by atoms with Gasteiger partial charge in [-0.15, -0.1) is 12.4 Å². The van der Waals surface area contributed by atoms with Gasteiger partial charge in [-0.25, -0.2) is 0 Å². The predicted molar refractivity (Wildman–Crippen MR) is 96.0 cm³/mol. The molecule has 3 N–H and O–H groups in total. The van der Waals surface area contributed by atoms with E-state index < -0.39 is 5.41 Å². The second-order valence-corrected chi connectivity index (χ2v) is 5.84. The molecule has 1 fully saturated rings. The highest BCUT2D eigenvalue weighted by Crippen LogP contribution is 2.29. The zero-order chi connectivity index (χ0) is 16.2. The highest BCUT2D eigenvalue weighted by molar-refractivity contribution is 5.98. The van der Waals surface area contributed by atoms with E-state index in [0.717, 1.165) is 18.7 Å². The molecule has 23 heavy (non-hydrogen) atoms. The van der Waals surface area contributed by atoms with Crippen LogP contribution in [-0.2, 0) is 9.59 Å². The quantitative estimate of drug-likeness (QED) is 0.836. The Labute approximate surface area is 144 Å². The molecule has 2 rings (SSSR count). The molecule has 0 aliphatic carbocycles. The van der Waals surface area contributed by atoms with Gasteiger partial charge in [-0.2, -0.15) is 0 Å². The van der Waals surface area contributed by atoms with Crippen molar-refractivity contribution >= 4 is 35.6 Å². The molecule has 5 nitrogen and oxygen atoms in total. The third-order valence-electron chi connectivity index (χ3n) is 4.72. The van der Waals surface area contributed by atoms with Gasteiger partial charge < -0.3 is 16.0 Å². The Kier molecular flexibility index (Phi) is 7.03. The molecule has 0 bridgehead atoms. The molecule has 0 radical (unpaired) electrons. The summed E-state index contributed by atoms with van der Waals surface area (Å²) in [5.41, 5.74) is 6.84. The van der Waals surface area contributed by atoms with Gasteiger partial charge in [0.2, 0.25) is 11.8 Å². The summed E-state index contributed by atoms with van der Waals surface area (Å²) in [7, 11) is 0. The van der Waals surface area contributed by atoms with E-state index in [1.165, 1.54) is 0 Å². The fourth-order valence-electron chi connectivity index (χ4n) is 2.89. The van der Waals surface area contributed by atoms with Crippen LogP contribution < -0.4 is 16.0 Å². The number of nitrogens with two attached hydrogens (primary N) is 1. The van der Waals surface area contributed by atoms with Crippen LogP contribution in [0.4, 0.5) is 11.4 Å². The molecular weight excluding hydrogens is 314 g/mol. The largest absolute Gasteiger partial charge is 0.329 e. The normalized spacial score (nSPS) is 14.6. The van der Waals surface area contributed by atoms with Gasteiger partial charge in [-0.1, -0.05) is 19.9 Å². The second-order valence-electron chi connectivity index (χ2n) is 5.84. The zero-order valence-corrected chi connectivity index (χ0v) is 14.6. The molecule has 2 amide bonds. The van der Waals surface area contributed by atoms with E-state index in [9.17, 15) is 9.59 Å². The van der Waals surface area contributed by atoms with Gasteiger partial charge in [-0.05, 0) is 37.5 Å². The van der Waals surface area contributed by atoms with Crippen LogP contribution in [0.3, 0.4) is 0 Å². The molecule has 1 aromatic rings. The first kappa shape index (κ1) is 19.5. The highest BCUT2D eigenvalue weighted by atomic mass is 35.5. The van der Waals surface area contributed by atoms with Crippen LogP contribution in [0.25, 0.3) is 0 Å². The standard InChI is InChI=1S/C17H25N3O2.ClH/c1-3-17(4-2,12-18)16(22)19-13-7-5-8-14(11-13)20-10-6-9-15(20)21;/h5,7-8,11H,3-4,6,9-10,12,18H2,1-2H3,(H,19,22);1H. The van der Waals surface area contributed by atoms with E-state index in [4.69, 9.17) is 5.73 Å². The Balaban J connectivity index is 0.00000264. The lowest BCUT2D eigenvalue weighted by atomic mass is 9.81. The first-order valence-electron chi connectivity index (χ1n) is 7.98. The summed E-state index contributed by atoms with van der Waals surface area (Å²) in [5.74, 6) is 0.0896. The number of rotatable bonds is 6. The number of carbonyl (C=O) groups is 2. The molecule has 1 aliphatic heterocycles. The van der Waals surface area contributed by atoms with Crippen molar-refractivity contribution in [2.75, 3.05) is 23.3 Å². The number of amides is 2. The molecule has 0 atom stereocenters. The molecule has 0 aromatic heterocycles. The summed E-state index contributed by atoms with van der Waals surface area (Å²) in [4.78, 5) is 26.2. The van der Waals surface area contributed by atoms with Crippen molar-refractivity contribution in [3.05, 3.63) is 24.3 Å². The maximum Gasteiger partial charge on any atom is 0.231 e. The van der Waals surface area contributed by atoms with Crippen molar-refractivity contribution in [3.8, 4) is 0 Å². The molecule has 6 heteroatoms. The Morgan fingerprint density at radius 2 is 2.04 bits per heavy atom. The van der Waals surface area contributed by atoms with Crippen molar-refractivity contribution in [2.24, 2.45) is 11.1 Å². The number of hydrogen-bond donors (Lipinski definition) is 2. The van der Waals surface area contributed by atoms with Crippen LogP contribution in [0.5, 0.6) is 0 Å². The Morgan fingerprint density at radius 1 is 1.35 bits per heavy atom. The lowest BCUT2D eigenvalue weighted by Gasteiger charge is -2.28. The van der Waals surface area contributed by atoms with Crippen molar-refractivity contribution in [2.45, 2.75) is 39.5 Å². The van der Waals surface area contributed by atoms with E-state index in [-0.39, 0.29) is 24.2 Å². The molecule has 0 unspecified atom stereocenters. The number of hydrogen-bond acceptors (Lipinski definition) is 3. The van der Waals surface area contributed by atoms with Crippen molar-refractivity contribution in [3.63, 3.8) is 0 Å². The van der Waals surface area contributed by atoms with Crippen molar-refractivity contribution in [1.29, 1.82) is 0 Å². The molecule has 1 aliphatic rings. The van der Waals surface area contributed by atoms with Gasteiger partial charge in [0.05, 0.1) is 5.41 Å². The molecule has 1 saturated heterocycles.